The molecule has 0 fully saturated rings. The minimum atomic E-state index is 0.0202. The number of carbonyl (C=O) groups excluding carboxylic acids is 1. The highest BCUT2D eigenvalue weighted by Gasteiger charge is 2.14. The number of aryl methyl sites for hydroxylation is 2. The number of hydrogen-bond acceptors (Lipinski definition) is 5. The topological polar surface area (TPSA) is 54.9 Å². The molecule has 1 aliphatic rings. The van der Waals surface area contributed by atoms with Crippen LogP contribution < -0.4 is 5.32 Å². The maximum absolute atomic E-state index is 12.1. The largest absolute Gasteiger partial charge is 0.325 e. The Morgan fingerprint density at radius 3 is 3.00 bits per heavy atom. The second kappa shape index (κ2) is 6.58. The van der Waals surface area contributed by atoms with Crippen LogP contribution in [-0.2, 0) is 17.6 Å². The third-order valence-corrected chi connectivity index (χ3v) is 5.48. The monoisotopic (exact) mass is 319 g/mol. The van der Waals surface area contributed by atoms with Crippen LogP contribution in [-0.4, -0.2) is 21.9 Å². The molecule has 1 aromatic heterocycles. The fraction of sp³-hybridized carbons (Fsp3) is 0.400. The van der Waals surface area contributed by atoms with Gasteiger partial charge in [-0.1, -0.05) is 35.2 Å². The van der Waals surface area contributed by atoms with E-state index < -0.39 is 0 Å². The summed E-state index contributed by atoms with van der Waals surface area (Å²) >= 11 is 2.96. The Labute approximate surface area is 132 Å². The van der Waals surface area contributed by atoms with Crippen LogP contribution >= 0.6 is 23.1 Å². The summed E-state index contributed by atoms with van der Waals surface area (Å²) < 4.78 is 0.845. The molecule has 4 nitrogen and oxygen atoms in total. The van der Waals surface area contributed by atoms with Gasteiger partial charge in [0.05, 0.1) is 5.75 Å². The van der Waals surface area contributed by atoms with Crippen LogP contribution in [0.15, 0.2) is 22.5 Å². The molecule has 2 aromatic rings. The Bertz CT molecular complexity index is 654. The van der Waals surface area contributed by atoms with Gasteiger partial charge in [-0.15, -0.1) is 10.2 Å². The van der Waals surface area contributed by atoms with Crippen LogP contribution in [0.2, 0.25) is 0 Å². The lowest BCUT2D eigenvalue weighted by Crippen LogP contribution is -2.17. The van der Waals surface area contributed by atoms with Crippen molar-refractivity contribution >= 4 is 34.7 Å². The average Bonchev–Trinajstić information content (AvgIpc) is 2.91. The Hall–Kier alpha value is -1.40. The number of benzene rings is 1. The highest BCUT2D eigenvalue weighted by molar-refractivity contribution is 8.01. The van der Waals surface area contributed by atoms with Crippen molar-refractivity contribution in [2.45, 2.75) is 36.9 Å². The second-order valence-electron chi connectivity index (χ2n) is 5.07. The van der Waals surface area contributed by atoms with Crippen LogP contribution in [0.1, 0.15) is 29.0 Å². The third kappa shape index (κ3) is 3.63. The number of thioether (sulfide) groups is 1. The van der Waals surface area contributed by atoms with Gasteiger partial charge in [0.25, 0.3) is 0 Å². The molecule has 0 saturated carbocycles. The van der Waals surface area contributed by atoms with Crippen molar-refractivity contribution in [3.63, 3.8) is 0 Å². The number of fused-ring (bicyclic) bond motifs is 1. The SMILES string of the molecule is Cc1nnc(SCC(=O)Nc2cccc3c2CCCC3)s1. The van der Waals surface area contributed by atoms with Crippen molar-refractivity contribution in [1.29, 1.82) is 0 Å². The van der Waals surface area contributed by atoms with Crippen LogP contribution in [0.25, 0.3) is 0 Å². The summed E-state index contributed by atoms with van der Waals surface area (Å²) in [6, 6.07) is 6.20. The lowest BCUT2D eigenvalue weighted by Gasteiger charge is -2.19. The molecular weight excluding hydrogens is 302 g/mol. The first-order chi connectivity index (χ1) is 10.2. The number of carbonyl (C=O) groups is 1. The summed E-state index contributed by atoms with van der Waals surface area (Å²) in [5.74, 6) is 0.394. The summed E-state index contributed by atoms with van der Waals surface area (Å²) in [5.41, 5.74) is 3.67. The van der Waals surface area contributed by atoms with Crippen LogP contribution in [0, 0.1) is 6.92 Å². The fourth-order valence-corrected chi connectivity index (χ4v) is 4.16. The normalized spacial score (nSPS) is 13.8. The van der Waals surface area contributed by atoms with Gasteiger partial charge >= 0.3 is 0 Å². The Kier molecular flexibility index (Phi) is 4.55. The van der Waals surface area contributed by atoms with E-state index in [9.17, 15) is 4.79 Å². The van der Waals surface area contributed by atoms with Gasteiger partial charge < -0.3 is 5.32 Å². The van der Waals surface area contributed by atoms with Crippen molar-refractivity contribution < 1.29 is 4.79 Å². The first-order valence-corrected chi connectivity index (χ1v) is 8.86. The molecule has 0 radical (unpaired) electrons. The summed E-state index contributed by atoms with van der Waals surface area (Å²) in [6.07, 6.45) is 4.64. The molecule has 0 saturated heterocycles. The van der Waals surface area contributed by atoms with Crippen molar-refractivity contribution in [3.05, 3.63) is 34.3 Å². The van der Waals surface area contributed by atoms with Gasteiger partial charge in [-0.25, -0.2) is 0 Å². The van der Waals surface area contributed by atoms with Crippen LogP contribution in [0.4, 0.5) is 5.69 Å². The minimum absolute atomic E-state index is 0.0202. The maximum atomic E-state index is 12.1. The average molecular weight is 319 g/mol. The van der Waals surface area contributed by atoms with Crippen molar-refractivity contribution in [2.75, 3.05) is 11.1 Å². The smallest absolute Gasteiger partial charge is 0.234 e. The Morgan fingerprint density at radius 2 is 2.19 bits per heavy atom. The molecule has 0 atom stereocenters. The number of anilines is 1. The number of hydrogen-bond donors (Lipinski definition) is 1. The molecule has 21 heavy (non-hydrogen) atoms. The lowest BCUT2D eigenvalue weighted by molar-refractivity contribution is -0.113. The molecule has 0 aliphatic heterocycles. The van der Waals surface area contributed by atoms with E-state index in [-0.39, 0.29) is 5.91 Å². The molecule has 6 heteroatoms. The molecule has 1 heterocycles. The standard InChI is InChI=1S/C15H17N3OS2/c1-10-17-18-15(21-10)20-9-14(19)16-13-8-4-6-11-5-2-3-7-12(11)13/h4,6,8H,2-3,5,7,9H2,1H3,(H,16,19). The second-order valence-corrected chi connectivity index (χ2v) is 7.48. The fourth-order valence-electron chi connectivity index (χ4n) is 2.55. The maximum Gasteiger partial charge on any atom is 0.234 e. The molecule has 1 amide bonds. The number of rotatable bonds is 4. The Balaban J connectivity index is 1.62. The molecular formula is C15H17N3OS2. The first kappa shape index (κ1) is 14.5. The van der Waals surface area contributed by atoms with E-state index in [0.717, 1.165) is 27.9 Å². The van der Waals surface area contributed by atoms with E-state index in [2.05, 4.69) is 21.6 Å². The van der Waals surface area contributed by atoms with Gasteiger partial charge in [-0.3, -0.25) is 4.79 Å². The van der Waals surface area contributed by atoms with Gasteiger partial charge in [0.15, 0.2) is 4.34 Å². The molecule has 1 N–H and O–H groups in total. The highest BCUT2D eigenvalue weighted by atomic mass is 32.2. The first-order valence-electron chi connectivity index (χ1n) is 7.06. The van der Waals surface area contributed by atoms with Gasteiger partial charge in [0.1, 0.15) is 5.01 Å². The third-order valence-electron chi connectivity index (χ3n) is 3.50. The van der Waals surface area contributed by atoms with Gasteiger partial charge in [0, 0.05) is 5.69 Å². The predicted octanol–water partition coefficient (Wildman–Crippen LogP) is 3.46. The zero-order chi connectivity index (χ0) is 14.7. The quantitative estimate of drug-likeness (QED) is 0.877. The van der Waals surface area contributed by atoms with E-state index in [1.807, 2.05) is 19.1 Å². The van der Waals surface area contributed by atoms with Crippen molar-refractivity contribution in [2.24, 2.45) is 0 Å². The summed E-state index contributed by atoms with van der Waals surface area (Å²) in [4.78, 5) is 12.1. The van der Waals surface area contributed by atoms with Gasteiger partial charge in [-0.05, 0) is 49.8 Å². The summed E-state index contributed by atoms with van der Waals surface area (Å²) in [7, 11) is 0. The van der Waals surface area contributed by atoms with Gasteiger partial charge in [-0.2, -0.15) is 0 Å². The van der Waals surface area contributed by atoms with E-state index >= 15 is 0 Å². The zero-order valence-electron chi connectivity index (χ0n) is 11.9. The van der Waals surface area contributed by atoms with E-state index in [0.29, 0.717) is 5.75 Å². The minimum Gasteiger partial charge on any atom is -0.325 e. The van der Waals surface area contributed by atoms with Crippen LogP contribution in [0.3, 0.4) is 0 Å². The number of nitrogens with zero attached hydrogens (tertiary/aromatic N) is 2. The lowest BCUT2D eigenvalue weighted by atomic mass is 9.90. The molecule has 1 aliphatic carbocycles. The molecule has 0 spiro atoms. The van der Waals surface area contributed by atoms with E-state index in [1.54, 1.807) is 0 Å². The summed E-state index contributed by atoms with van der Waals surface area (Å²) in [6.45, 7) is 1.91. The molecule has 3 rings (SSSR count). The number of amides is 1. The zero-order valence-corrected chi connectivity index (χ0v) is 13.5. The molecule has 110 valence electrons. The van der Waals surface area contributed by atoms with Crippen molar-refractivity contribution in [3.8, 4) is 0 Å². The number of aromatic nitrogens is 2. The summed E-state index contributed by atoms with van der Waals surface area (Å²) in [5, 5.41) is 11.9. The van der Waals surface area contributed by atoms with Crippen LogP contribution in [0.5, 0.6) is 0 Å². The highest BCUT2D eigenvalue weighted by Crippen LogP contribution is 2.28. The van der Waals surface area contributed by atoms with E-state index in [1.165, 1.54) is 47.1 Å². The molecule has 0 bridgehead atoms. The van der Waals surface area contributed by atoms with Crippen molar-refractivity contribution in [1.82, 2.24) is 10.2 Å². The Morgan fingerprint density at radius 1 is 1.33 bits per heavy atom. The molecule has 0 unspecified atom stereocenters. The predicted molar refractivity (Wildman–Crippen MR) is 87.1 cm³/mol. The number of nitrogens with one attached hydrogen (secondary N) is 1. The van der Waals surface area contributed by atoms with Gasteiger partial charge in [0.2, 0.25) is 5.91 Å². The molecule has 1 aromatic carbocycles. The van der Waals surface area contributed by atoms with E-state index in [4.69, 9.17) is 0 Å².